The van der Waals surface area contributed by atoms with Crippen LogP contribution in [0.15, 0.2) is 42.5 Å². The molecule has 0 spiro atoms. The van der Waals surface area contributed by atoms with Crippen LogP contribution in [0.5, 0.6) is 34.5 Å². The minimum atomic E-state index is -1.59. The zero-order chi connectivity index (χ0) is 31.1. The fourth-order valence-corrected chi connectivity index (χ4v) is 5.59. The van der Waals surface area contributed by atoms with Gasteiger partial charge in [-0.15, -0.1) is 0 Å². The molecule has 2 aliphatic rings. The number of ether oxygens (including phenoxy) is 8. The van der Waals surface area contributed by atoms with Gasteiger partial charge in [-0.1, -0.05) is 25.1 Å². The first-order valence-electron chi connectivity index (χ1n) is 13.6. The van der Waals surface area contributed by atoms with Gasteiger partial charge in [0, 0.05) is 23.6 Å². The maximum absolute atomic E-state index is 13.5. The van der Waals surface area contributed by atoms with Crippen LogP contribution in [0.1, 0.15) is 48.4 Å². The summed E-state index contributed by atoms with van der Waals surface area (Å²) < 4.78 is 46.2. The van der Waals surface area contributed by atoms with Gasteiger partial charge in [-0.2, -0.15) is 0 Å². The van der Waals surface area contributed by atoms with Gasteiger partial charge in [0.1, 0.15) is 5.60 Å². The second-order valence-corrected chi connectivity index (χ2v) is 10.5. The first kappa shape index (κ1) is 29.8. The zero-order valence-electron chi connectivity index (χ0n) is 25.0. The zero-order valence-corrected chi connectivity index (χ0v) is 25.0. The highest BCUT2D eigenvalue weighted by atomic mass is 16.9. The molecule has 1 heterocycles. The number of rotatable bonds is 7. The van der Waals surface area contributed by atoms with Crippen LogP contribution in [0.25, 0.3) is 11.1 Å². The summed E-state index contributed by atoms with van der Waals surface area (Å²) in [5.74, 6) is -0.120. The van der Waals surface area contributed by atoms with Crippen molar-refractivity contribution in [3.63, 3.8) is 0 Å². The average Bonchev–Trinajstić information content (AvgIpc) is 3.38. The Morgan fingerprint density at radius 1 is 0.884 bits per heavy atom. The highest BCUT2D eigenvalue weighted by Gasteiger charge is 2.47. The molecule has 1 N–H and O–H groups in total. The molecule has 3 aromatic rings. The van der Waals surface area contributed by atoms with Crippen molar-refractivity contribution in [1.29, 1.82) is 0 Å². The van der Waals surface area contributed by atoms with Crippen molar-refractivity contribution in [2.75, 3.05) is 28.4 Å². The third kappa shape index (κ3) is 5.14. The summed E-state index contributed by atoms with van der Waals surface area (Å²) in [5.41, 5.74) is 0.766. The number of methoxy groups -OCH3 is 4. The van der Waals surface area contributed by atoms with Gasteiger partial charge in [-0.3, -0.25) is 4.79 Å². The van der Waals surface area contributed by atoms with Crippen molar-refractivity contribution < 1.29 is 52.6 Å². The summed E-state index contributed by atoms with van der Waals surface area (Å²) in [6.45, 7) is 3.41. The van der Waals surface area contributed by atoms with Crippen molar-refractivity contribution in [3.05, 3.63) is 59.2 Å². The summed E-state index contributed by atoms with van der Waals surface area (Å²) in [6.07, 6.45) is -0.903. The first-order valence-corrected chi connectivity index (χ1v) is 13.6. The van der Waals surface area contributed by atoms with E-state index in [1.54, 1.807) is 49.4 Å². The lowest BCUT2D eigenvalue weighted by Gasteiger charge is -2.41. The topological polar surface area (TPSA) is 128 Å². The molecule has 11 heteroatoms. The Hall–Kier alpha value is -4.64. The third-order valence-electron chi connectivity index (χ3n) is 7.87. The van der Waals surface area contributed by atoms with E-state index in [1.807, 2.05) is 6.92 Å². The quantitative estimate of drug-likeness (QED) is 0.377. The van der Waals surface area contributed by atoms with Gasteiger partial charge in [0.2, 0.25) is 11.5 Å². The second-order valence-electron chi connectivity index (χ2n) is 10.5. The Labute approximate surface area is 249 Å². The molecule has 0 amide bonds. The van der Waals surface area contributed by atoms with E-state index in [0.29, 0.717) is 45.7 Å². The van der Waals surface area contributed by atoms with Gasteiger partial charge in [0.15, 0.2) is 29.1 Å². The standard InChI is InChI=1S/C32H34O11/c1-16-13-19-14-22-26(42-31(41-22)40-17(2)33)27(38-6)23(19)24-20(15-21(36-4)25(37-5)28(24)39-7)29(32(16,3)35)43-30(34)18-11-9-8-10-12-18/h8-12,14-16,29,31,35H,13H2,1-7H3/t16-,29-,31?,32-/m0/s1. The van der Waals surface area contributed by atoms with E-state index in [9.17, 15) is 14.7 Å². The number of hydrogen-bond acceptors (Lipinski definition) is 11. The molecule has 228 valence electrons. The van der Waals surface area contributed by atoms with Crippen LogP contribution in [0.4, 0.5) is 0 Å². The van der Waals surface area contributed by atoms with Crippen LogP contribution in [-0.2, 0) is 20.7 Å². The maximum Gasteiger partial charge on any atom is 0.409 e. The molecule has 0 saturated heterocycles. The molecule has 3 aromatic carbocycles. The Morgan fingerprint density at radius 3 is 2.16 bits per heavy atom. The predicted molar refractivity (Wildman–Crippen MR) is 153 cm³/mol. The molecule has 5 rings (SSSR count). The molecule has 1 aliphatic heterocycles. The number of carbonyl (C=O) groups excluding carboxylic acids is 2. The first-order chi connectivity index (χ1) is 20.5. The van der Waals surface area contributed by atoms with Crippen molar-refractivity contribution in [3.8, 4) is 45.6 Å². The lowest BCUT2D eigenvalue weighted by Crippen LogP contribution is -2.43. The number of carbonyl (C=O) groups is 2. The molecule has 0 radical (unpaired) electrons. The molecule has 43 heavy (non-hydrogen) atoms. The summed E-state index contributed by atoms with van der Waals surface area (Å²) in [5, 5.41) is 12.2. The lowest BCUT2D eigenvalue weighted by molar-refractivity contribution is -0.192. The second kappa shape index (κ2) is 11.6. The normalized spacial score (nSPS) is 21.8. The monoisotopic (exact) mass is 594 g/mol. The number of benzene rings is 3. The van der Waals surface area contributed by atoms with E-state index < -0.39 is 36.0 Å². The Balaban J connectivity index is 1.83. The Morgan fingerprint density at radius 2 is 1.56 bits per heavy atom. The molecule has 11 nitrogen and oxygen atoms in total. The fraction of sp³-hybridized carbons (Fsp3) is 0.375. The molecule has 0 fully saturated rings. The number of hydrogen-bond donors (Lipinski definition) is 1. The summed E-state index contributed by atoms with van der Waals surface area (Å²) in [6, 6.07) is 11.9. The average molecular weight is 595 g/mol. The summed E-state index contributed by atoms with van der Waals surface area (Å²) in [4.78, 5) is 25.1. The molecule has 0 saturated carbocycles. The van der Waals surface area contributed by atoms with Gasteiger partial charge < -0.3 is 43.0 Å². The van der Waals surface area contributed by atoms with Crippen molar-refractivity contribution in [1.82, 2.24) is 0 Å². The van der Waals surface area contributed by atoms with E-state index in [1.165, 1.54) is 35.4 Å². The minimum Gasteiger partial charge on any atom is -0.493 e. The van der Waals surface area contributed by atoms with Gasteiger partial charge in [0.05, 0.1) is 34.0 Å². The van der Waals surface area contributed by atoms with Crippen LogP contribution in [0.2, 0.25) is 0 Å². The van der Waals surface area contributed by atoms with Crippen molar-refractivity contribution in [2.24, 2.45) is 5.92 Å². The summed E-state index contributed by atoms with van der Waals surface area (Å²) >= 11 is 0. The van der Waals surface area contributed by atoms with Crippen LogP contribution in [0.3, 0.4) is 0 Å². The summed E-state index contributed by atoms with van der Waals surface area (Å²) in [7, 11) is 5.89. The van der Waals surface area contributed by atoms with E-state index >= 15 is 0 Å². The van der Waals surface area contributed by atoms with Crippen LogP contribution >= 0.6 is 0 Å². The van der Waals surface area contributed by atoms with Gasteiger partial charge >= 0.3 is 18.4 Å². The lowest BCUT2D eigenvalue weighted by atomic mass is 9.73. The van der Waals surface area contributed by atoms with Gasteiger partial charge in [-0.05, 0) is 49.1 Å². The van der Waals surface area contributed by atoms with Gasteiger partial charge in [-0.25, -0.2) is 4.79 Å². The highest BCUT2D eigenvalue weighted by Crippen LogP contribution is 2.59. The molecular formula is C32H34O11. The molecule has 0 aromatic heterocycles. The van der Waals surface area contributed by atoms with Crippen LogP contribution in [-0.4, -0.2) is 57.6 Å². The predicted octanol–water partition coefficient (Wildman–Crippen LogP) is 4.85. The number of fused-ring (bicyclic) bond motifs is 4. The molecule has 1 aliphatic carbocycles. The molecular weight excluding hydrogens is 560 g/mol. The van der Waals surface area contributed by atoms with Crippen LogP contribution < -0.4 is 28.4 Å². The van der Waals surface area contributed by atoms with Crippen molar-refractivity contribution >= 4 is 11.9 Å². The maximum atomic E-state index is 13.5. The van der Waals surface area contributed by atoms with E-state index in [-0.39, 0.29) is 23.0 Å². The smallest absolute Gasteiger partial charge is 0.409 e. The molecule has 0 bridgehead atoms. The number of esters is 2. The van der Waals surface area contributed by atoms with E-state index in [0.717, 1.165) is 0 Å². The van der Waals surface area contributed by atoms with Crippen molar-refractivity contribution in [2.45, 2.75) is 45.4 Å². The van der Waals surface area contributed by atoms with Crippen LogP contribution in [0, 0.1) is 5.92 Å². The molecule has 4 atom stereocenters. The van der Waals surface area contributed by atoms with E-state index in [4.69, 9.17) is 37.9 Å². The Bertz CT molecular complexity index is 1550. The highest BCUT2D eigenvalue weighted by molar-refractivity contribution is 5.91. The Kier molecular flexibility index (Phi) is 8.02. The third-order valence-corrected chi connectivity index (χ3v) is 7.87. The molecule has 1 unspecified atom stereocenters. The van der Waals surface area contributed by atoms with E-state index in [2.05, 4.69) is 0 Å². The fourth-order valence-electron chi connectivity index (χ4n) is 5.59. The van der Waals surface area contributed by atoms with Gasteiger partial charge in [0.25, 0.3) is 0 Å². The SMILES string of the molecule is COc1cc2c(c(OC)c1OC)-c1c(cc3c(c1OC)OC(OC(C)=O)O3)C[C@H](C)[C@](C)(O)[C@H]2OC(=O)c1ccccc1. The number of aliphatic hydroxyl groups is 1. The largest absolute Gasteiger partial charge is 0.493 e. The minimum absolute atomic E-state index is 0.202.